The van der Waals surface area contributed by atoms with E-state index in [-0.39, 0.29) is 18.4 Å². The largest absolute Gasteiger partial charge is 0.444 e. The number of β-lactam (4-membered cyclic amide) rings is 1. The van der Waals surface area contributed by atoms with E-state index >= 15 is 0 Å². The molecule has 1 atom stereocenters. The van der Waals surface area contributed by atoms with Crippen molar-refractivity contribution in [2.45, 2.75) is 12.5 Å². The monoisotopic (exact) mass is 281 g/mol. The number of carbonyl (C=O) groups excluding carboxylic acids is 2. The molecule has 2 amide bonds. The summed E-state index contributed by atoms with van der Waals surface area (Å²) in [5.74, 6) is -0.422. The Morgan fingerprint density at radius 1 is 1.05 bits per heavy atom. The van der Waals surface area contributed by atoms with Crippen LogP contribution >= 0.6 is 0 Å². The summed E-state index contributed by atoms with van der Waals surface area (Å²) in [6, 6.07) is 18.9. The number of rotatable bonds is 3. The zero-order valence-electron chi connectivity index (χ0n) is 11.4. The molecule has 1 aliphatic heterocycles. The lowest BCUT2D eigenvalue weighted by atomic mass is 9.91. The standard InChI is InChI=1S/C17H15NO3/c19-16-15(14-9-5-2-6-10-14)11-18(16)17(20)21-12-13-7-3-1-4-8-13/h1-10,15H,11-12H2/t15-/m0/s1. The van der Waals surface area contributed by atoms with Crippen molar-refractivity contribution in [1.29, 1.82) is 0 Å². The predicted molar refractivity (Wildman–Crippen MR) is 77.5 cm³/mol. The SMILES string of the molecule is O=C(OCc1ccccc1)N1C[C@@H](c2ccccc2)C1=O. The van der Waals surface area contributed by atoms with Crippen molar-refractivity contribution in [3.8, 4) is 0 Å². The number of hydrogen-bond acceptors (Lipinski definition) is 3. The summed E-state index contributed by atoms with van der Waals surface area (Å²) in [4.78, 5) is 25.1. The van der Waals surface area contributed by atoms with Crippen LogP contribution in [-0.4, -0.2) is 23.4 Å². The van der Waals surface area contributed by atoms with Gasteiger partial charge in [-0.3, -0.25) is 4.79 Å². The Labute approximate surface area is 123 Å². The fourth-order valence-corrected chi connectivity index (χ4v) is 2.32. The summed E-state index contributed by atoms with van der Waals surface area (Å²) in [7, 11) is 0. The molecule has 21 heavy (non-hydrogen) atoms. The van der Waals surface area contributed by atoms with Gasteiger partial charge in [0, 0.05) is 6.54 Å². The summed E-state index contributed by atoms with van der Waals surface area (Å²) in [6.07, 6.45) is -0.573. The van der Waals surface area contributed by atoms with Gasteiger partial charge in [-0.1, -0.05) is 60.7 Å². The van der Waals surface area contributed by atoms with Gasteiger partial charge in [-0.2, -0.15) is 0 Å². The van der Waals surface area contributed by atoms with E-state index < -0.39 is 6.09 Å². The number of likely N-dealkylation sites (tertiary alicyclic amines) is 1. The Morgan fingerprint density at radius 3 is 2.29 bits per heavy atom. The van der Waals surface area contributed by atoms with E-state index in [1.165, 1.54) is 0 Å². The number of benzene rings is 2. The minimum absolute atomic E-state index is 0.180. The van der Waals surface area contributed by atoms with Crippen LogP contribution in [0, 0.1) is 0 Å². The normalized spacial score (nSPS) is 17.2. The Morgan fingerprint density at radius 2 is 1.67 bits per heavy atom. The van der Waals surface area contributed by atoms with Crippen molar-refractivity contribution in [3.63, 3.8) is 0 Å². The smallest absolute Gasteiger partial charge is 0.416 e. The molecule has 0 N–H and O–H groups in total. The van der Waals surface area contributed by atoms with Gasteiger partial charge in [-0.15, -0.1) is 0 Å². The zero-order valence-corrected chi connectivity index (χ0v) is 11.4. The van der Waals surface area contributed by atoms with Gasteiger partial charge in [0.25, 0.3) is 0 Å². The maximum absolute atomic E-state index is 12.0. The molecule has 4 heteroatoms. The van der Waals surface area contributed by atoms with Crippen molar-refractivity contribution in [2.75, 3.05) is 6.54 Å². The van der Waals surface area contributed by atoms with Crippen LogP contribution in [-0.2, 0) is 16.1 Å². The quantitative estimate of drug-likeness (QED) is 0.813. The molecule has 1 heterocycles. The van der Waals surface area contributed by atoms with Gasteiger partial charge in [-0.25, -0.2) is 9.69 Å². The molecule has 4 nitrogen and oxygen atoms in total. The third kappa shape index (κ3) is 2.79. The van der Waals surface area contributed by atoms with E-state index in [1.54, 1.807) is 0 Å². The molecule has 3 rings (SSSR count). The van der Waals surface area contributed by atoms with Gasteiger partial charge in [0.2, 0.25) is 5.91 Å². The molecule has 0 bridgehead atoms. The molecule has 2 aromatic rings. The molecule has 0 radical (unpaired) electrons. The summed E-state index contributed by atoms with van der Waals surface area (Å²) < 4.78 is 5.15. The fourth-order valence-electron chi connectivity index (χ4n) is 2.32. The number of nitrogens with zero attached hydrogens (tertiary/aromatic N) is 1. The second-order valence-electron chi connectivity index (χ2n) is 4.95. The van der Waals surface area contributed by atoms with Crippen LogP contribution in [0.5, 0.6) is 0 Å². The van der Waals surface area contributed by atoms with Gasteiger partial charge in [-0.05, 0) is 11.1 Å². The summed E-state index contributed by atoms with van der Waals surface area (Å²) >= 11 is 0. The first kappa shape index (κ1) is 13.4. The van der Waals surface area contributed by atoms with E-state index in [1.807, 2.05) is 60.7 Å². The van der Waals surface area contributed by atoms with Crippen LogP contribution < -0.4 is 0 Å². The average molecular weight is 281 g/mol. The Kier molecular flexibility index (Phi) is 3.69. The van der Waals surface area contributed by atoms with Crippen LogP contribution in [0.25, 0.3) is 0 Å². The zero-order chi connectivity index (χ0) is 14.7. The third-order valence-electron chi connectivity index (χ3n) is 3.56. The molecular weight excluding hydrogens is 266 g/mol. The Balaban J connectivity index is 1.55. The lowest BCUT2D eigenvalue weighted by molar-refractivity contribution is -0.140. The van der Waals surface area contributed by atoms with Crippen molar-refractivity contribution >= 4 is 12.0 Å². The molecular formula is C17H15NO3. The molecule has 0 aromatic heterocycles. The highest BCUT2D eigenvalue weighted by Crippen LogP contribution is 2.29. The maximum atomic E-state index is 12.0. The second kappa shape index (κ2) is 5.79. The van der Waals surface area contributed by atoms with Crippen molar-refractivity contribution < 1.29 is 14.3 Å². The van der Waals surface area contributed by atoms with E-state index in [9.17, 15) is 9.59 Å². The van der Waals surface area contributed by atoms with Crippen molar-refractivity contribution in [1.82, 2.24) is 4.90 Å². The summed E-state index contributed by atoms with van der Waals surface area (Å²) in [6.45, 7) is 0.565. The van der Waals surface area contributed by atoms with E-state index in [0.29, 0.717) is 6.54 Å². The lowest BCUT2D eigenvalue weighted by Crippen LogP contribution is -2.53. The van der Waals surface area contributed by atoms with Crippen LogP contribution in [0.15, 0.2) is 60.7 Å². The molecule has 1 saturated heterocycles. The Hall–Kier alpha value is -2.62. The van der Waals surface area contributed by atoms with E-state index in [4.69, 9.17) is 4.74 Å². The van der Waals surface area contributed by atoms with Crippen LogP contribution in [0.1, 0.15) is 17.0 Å². The number of imide groups is 1. The highest BCUT2D eigenvalue weighted by Gasteiger charge is 2.42. The number of ether oxygens (including phenoxy) is 1. The van der Waals surface area contributed by atoms with Crippen LogP contribution in [0.3, 0.4) is 0 Å². The van der Waals surface area contributed by atoms with Crippen LogP contribution in [0.4, 0.5) is 4.79 Å². The maximum Gasteiger partial charge on any atom is 0.416 e. The molecule has 1 fully saturated rings. The van der Waals surface area contributed by atoms with Gasteiger partial charge in [0.15, 0.2) is 0 Å². The predicted octanol–water partition coefficient (Wildman–Crippen LogP) is 2.95. The van der Waals surface area contributed by atoms with E-state index in [2.05, 4.69) is 0 Å². The molecule has 0 unspecified atom stereocenters. The highest BCUT2D eigenvalue weighted by atomic mass is 16.6. The van der Waals surface area contributed by atoms with Gasteiger partial charge >= 0.3 is 6.09 Å². The number of carbonyl (C=O) groups is 2. The molecule has 106 valence electrons. The number of amides is 2. The fraction of sp³-hybridized carbons (Fsp3) is 0.176. The van der Waals surface area contributed by atoms with Crippen molar-refractivity contribution in [3.05, 3.63) is 71.8 Å². The minimum Gasteiger partial charge on any atom is -0.444 e. The topological polar surface area (TPSA) is 46.6 Å². The van der Waals surface area contributed by atoms with Gasteiger partial charge in [0.1, 0.15) is 6.61 Å². The van der Waals surface area contributed by atoms with Gasteiger partial charge < -0.3 is 4.74 Å². The molecule has 2 aromatic carbocycles. The molecule has 0 saturated carbocycles. The average Bonchev–Trinajstić information content (AvgIpc) is 2.53. The van der Waals surface area contributed by atoms with Crippen molar-refractivity contribution in [2.24, 2.45) is 0 Å². The summed E-state index contributed by atoms with van der Waals surface area (Å²) in [5.41, 5.74) is 1.84. The van der Waals surface area contributed by atoms with Gasteiger partial charge in [0.05, 0.1) is 5.92 Å². The third-order valence-corrected chi connectivity index (χ3v) is 3.56. The second-order valence-corrected chi connectivity index (χ2v) is 4.95. The van der Waals surface area contributed by atoms with E-state index in [0.717, 1.165) is 16.0 Å². The molecule has 0 spiro atoms. The highest BCUT2D eigenvalue weighted by molar-refractivity contribution is 6.01. The molecule has 1 aliphatic rings. The lowest BCUT2D eigenvalue weighted by Gasteiger charge is -2.35. The first-order chi connectivity index (χ1) is 10.3. The molecule has 0 aliphatic carbocycles. The first-order valence-electron chi connectivity index (χ1n) is 6.83. The number of hydrogen-bond donors (Lipinski definition) is 0. The first-order valence-corrected chi connectivity index (χ1v) is 6.83. The van der Waals surface area contributed by atoms with Crippen LogP contribution in [0.2, 0.25) is 0 Å². The summed E-state index contributed by atoms with van der Waals surface area (Å²) in [5, 5.41) is 0. The Bertz CT molecular complexity index is 640. The minimum atomic E-state index is -0.573.